The lowest BCUT2D eigenvalue weighted by atomic mass is 10.3. The molecule has 1 N–H and O–H groups in total. The van der Waals surface area contributed by atoms with E-state index in [1.165, 1.54) is 24.2 Å². The molecule has 0 aliphatic carbocycles. The minimum absolute atomic E-state index is 0.909. The standard InChI is InChI=1S/C15H25N5/c1-3-14-11-15(20(4-2)18-14)12-16-7-5-6-9-19-10-8-17-13-19/h8,10-11,13,16H,3-7,9,12H2,1-2H3. The third-order valence-corrected chi connectivity index (χ3v) is 3.46. The van der Waals surface area contributed by atoms with Gasteiger partial charge in [0.05, 0.1) is 17.7 Å². The zero-order valence-electron chi connectivity index (χ0n) is 12.5. The van der Waals surface area contributed by atoms with Gasteiger partial charge in [-0.3, -0.25) is 4.68 Å². The normalized spacial score (nSPS) is 11.1. The molecule has 0 saturated carbocycles. The van der Waals surface area contributed by atoms with Gasteiger partial charge in [-0.2, -0.15) is 5.10 Å². The maximum atomic E-state index is 4.56. The van der Waals surface area contributed by atoms with Crippen LogP contribution in [-0.4, -0.2) is 25.9 Å². The van der Waals surface area contributed by atoms with E-state index in [9.17, 15) is 0 Å². The van der Waals surface area contributed by atoms with Gasteiger partial charge in [0.2, 0.25) is 0 Å². The van der Waals surface area contributed by atoms with Crippen LogP contribution in [0, 0.1) is 0 Å². The quantitative estimate of drug-likeness (QED) is 0.714. The van der Waals surface area contributed by atoms with Gasteiger partial charge >= 0.3 is 0 Å². The van der Waals surface area contributed by atoms with Crippen molar-refractivity contribution in [2.75, 3.05) is 6.54 Å². The smallest absolute Gasteiger partial charge is 0.0945 e. The molecule has 0 aliphatic rings. The van der Waals surface area contributed by atoms with E-state index in [4.69, 9.17) is 0 Å². The molecule has 0 amide bonds. The van der Waals surface area contributed by atoms with Crippen LogP contribution in [0.15, 0.2) is 24.8 Å². The van der Waals surface area contributed by atoms with Crippen molar-refractivity contribution >= 4 is 0 Å². The van der Waals surface area contributed by atoms with Crippen LogP contribution in [0.4, 0.5) is 0 Å². The van der Waals surface area contributed by atoms with Crippen molar-refractivity contribution in [3.05, 3.63) is 36.2 Å². The molecule has 0 fully saturated rings. The summed E-state index contributed by atoms with van der Waals surface area (Å²) in [5.41, 5.74) is 2.47. The van der Waals surface area contributed by atoms with Gasteiger partial charge in [0.25, 0.3) is 0 Å². The molecular formula is C15H25N5. The van der Waals surface area contributed by atoms with Gasteiger partial charge in [-0.05, 0) is 38.8 Å². The molecule has 0 bridgehead atoms. The highest BCUT2D eigenvalue weighted by atomic mass is 15.3. The summed E-state index contributed by atoms with van der Waals surface area (Å²) >= 11 is 0. The monoisotopic (exact) mass is 275 g/mol. The lowest BCUT2D eigenvalue weighted by molar-refractivity contribution is 0.543. The van der Waals surface area contributed by atoms with Crippen LogP contribution < -0.4 is 5.32 Å². The lowest BCUT2D eigenvalue weighted by Crippen LogP contribution is -2.18. The first kappa shape index (κ1) is 14.8. The van der Waals surface area contributed by atoms with E-state index in [2.05, 4.69) is 44.6 Å². The first-order valence-corrected chi connectivity index (χ1v) is 7.55. The number of aryl methyl sites for hydroxylation is 3. The van der Waals surface area contributed by atoms with Gasteiger partial charge in [-0.1, -0.05) is 6.92 Å². The number of aromatic nitrogens is 4. The maximum Gasteiger partial charge on any atom is 0.0945 e. The number of rotatable bonds is 9. The third kappa shape index (κ3) is 4.20. The van der Waals surface area contributed by atoms with Gasteiger partial charge in [0, 0.05) is 32.0 Å². The number of nitrogens with zero attached hydrogens (tertiary/aromatic N) is 4. The predicted molar refractivity (Wildman–Crippen MR) is 80.4 cm³/mol. The molecule has 2 heterocycles. The fourth-order valence-corrected chi connectivity index (χ4v) is 2.28. The van der Waals surface area contributed by atoms with E-state index in [1.807, 2.05) is 18.7 Å². The average molecular weight is 275 g/mol. The summed E-state index contributed by atoms with van der Waals surface area (Å²) in [6.07, 6.45) is 9.08. The highest BCUT2D eigenvalue weighted by molar-refractivity contribution is 5.10. The number of unbranched alkanes of at least 4 members (excludes halogenated alkanes) is 1. The molecule has 2 aromatic heterocycles. The fourth-order valence-electron chi connectivity index (χ4n) is 2.28. The van der Waals surface area contributed by atoms with Crippen molar-refractivity contribution in [2.24, 2.45) is 0 Å². The first-order valence-electron chi connectivity index (χ1n) is 7.55. The van der Waals surface area contributed by atoms with Crippen molar-refractivity contribution in [1.82, 2.24) is 24.6 Å². The van der Waals surface area contributed by atoms with Crippen LogP contribution in [0.1, 0.15) is 38.1 Å². The molecule has 2 aromatic rings. The van der Waals surface area contributed by atoms with Crippen molar-refractivity contribution in [1.29, 1.82) is 0 Å². The van der Waals surface area contributed by atoms with Crippen LogP contribution in [0.25, 0.3) is 0 Å². The second-order valence-electron chi connectivity index (χ2n) is 4.98. The summed E-state index contributed by atoms with van der Waals surface area (Å²) in [5.74, 6) is 0. The number of nitrogens with one attached hydrogen (secondary N) is 1. The van der Waals surface area contributed by atoms with E-state index >= 15 is 0 Å². The maximum absolute atomic E-state index is 4.56. The number of hydrogen-bond donors (Lipinski definition) is 1. The van der Waals surface area contributed by atoms with Crippen molar-refractivity contribution in [2.45, 2.75) is 52.7 Å². The van der Waals surface area contributed by atoms with Gasteiger partial charge < -0.3 is 9.88 Å². The Morgan fingerprint density at radius 1 is 1.25 bits per heavy atom. The highest BCUT2D eigenvalue weighted by Gasteiger charge is 2.04. The van der Waals surface area contributed by atoms with Gasteiger partial charge in [-0.15, -0.1) is 0 Å². The van der Waals surface area contributed by atoms with Crippen molar-refractivity contribution in [3.63, 3.8) is 0 Å². The Morgan fingerprint density at radius 3 is 2.85 bits per heavy atom. The zero-order chi connectivity index (χ0) is 14.2. The van der Waals surface area contributed by atoms with Crippen LogP contribution in [0.2, 0.25) is 0 Å². The molecule has 2 rings (SSSR count). The molecule has 20 heavy (non-hydrogen) atoms. The topological polar surface area (TPSA) is 47.7 Å². The van der Waals surface area contributed by atoms with Gasteiger partial charge in [-0.25, -0.2) is 4.98 Å². The number of imidazole rings is 1. The molecule has 5 nitrogen and oxygen atoms in total. The molecule has 110 valence electrons. The Labute approximate surface area is 121 Å². The molecule has 0 saturated heterocycles. The minimum Gasteiger partial charge on any atom is -0.337 e. The third-order valence-electron chi connectivity index (χ3n) is 3.46. The Balaban J connectivity index is 1.64. The van der Waals surface area contributed by atoms with E-state index in [-0.39, 0.29) is 0 Å². The summed E-state index contributed by atoms with van der Waals surface area (Å²) < 4.78 is 4.22. The fraction of sp³-hybridized carbons (Fsp3) is 0.600. The molecule has 0 spiro atoms. The largest absolute Gasteiger partial charge is 0.337 e. The Hall–Kier alpha value is -1.62. The summed E-state index contributed by atoms with van der Waals surface area (Å²) in [7, 11) is 0. The predicted octanol–water partition coefficient (Wildman–Crippen LogP) is 2.23. The molecule has 0 atom stereocenters. The Bertz CT molecular complexity index is 486. The summed E-state index contributed by atoms with van der Waals surface area (Å²) in [5, 5.41) is 8.07. The summed E-state index contributed by atoms with van der Waals surface area (Å²) in [6.45, 7) is 8.24. The number of hydrogen-bond acceptors (Lipinski definition) is 3. The molecule has 0 radical (unpaired) electrons. The Morgan fingerprint density at radius 2 is 2.15 bits per heavy atom. The molecular weight excluding hydrogens is 250 g/mol. The molecule has 0 unspecified atom stereocenters. The van der Waals surface area contributed by atoms with Gasteiger partial charge in [0.15, 0.2) is 0 Å². The molecule has 0 aliphatic heterocycles. The van der Waals surface area contributed by atoms with Crippen LogP contribution >= 0.6 is 0 Å². The summed E-state index contributed by atoms with van der Waals surface area (Å²) in [4.78, 5) is 4.04. The first-order chi connectivity index (χ1) is 9.83. The van der Waals surface area contributed by atoms with Crippen LogP contribution in [0.5, 0.6) is 0 Å². The summed E-state index contributed by atoms with van der Waals surface area (Å²) in [6, 6.07) is 2.21. The van der Waals surface area contributed by atoms with Crippen LogP contribution in [0.3, 0.4) is 0 Å². The van der Waals surface area contributed by atoms with E-state index < -0.39 is 0 Å². The average Bonchev–Trinajstić information content (AvgIpc) is 3.11. The van der Waals surface area contributed by atoms with E-state index in [0.717, 1.165) is 32.6 Å². The Kier molecular flexibility index (Phi) is 5.80. The zero-order valence-corrected chi connectivity index (χ0v) is 12.5. The van der Waals surface area contributed by atoms with Crippen LogP contribution in [-0.2, 0) is 26.1 Å². The van der Waals surface area contributed by atoms with Crippen molar-refractivity contribution < 1.29 is 0 Å². The lowest BCUT2D eigenvalue weighted by Gasteiger charge is -2.07. The van der Waals surface area contributed by atoms with E-state index in [1.54, 1.807) is 0 Å². The second kappa shape index (κ2) is 7.85. The van der Waals surface area contributed by atoms with E-state index in [0.29, 0.717) is 0 Å². The minimum atomic E-state index is 0.909. The van der Waals surface area contributed by atoms with Gasteiger partial charge in [0.1, 0.15) is 0 Å². The highest BCUT2D eigenvalue weighted by Crippen LogP contribution is 2.05. The van der Waals surface area contributed by atoms with Crippen molar-refractivity contribution in [3.8, 4) is 0 Å². The second-order valence-corrected chi connectivity index (χ2v) is 4.98. The SMILES string of the molecule is CCc1cc(CNCCCCn2ccnc2)n(CC)n1. The molecule has 0 aromatic carbocycles. The molecule has 5 heteroatoms.